The van der Waals surface area contributed by atoms with E-state index in [4.69, 9.17) is 14.5 Å². The molecule has 6 nitrogen and oxygen atoms in total. The summed E-state index contributed by atoms with van der Waals surface area (Å²) >= 11 is 0. The van der Waals surface area contributed by atoms with E-state index in [9.17, 15) is 4.79 Å². The van der Waals surface area contributed by atoms with E-state index in [1.165, 1.54) is 0 Å². The second-order valence-electron chi connectivity index (χ2n) is 8.30. The van der Waals surface area contributed by atoms with E-state index in [2.05, 4.69) is 4.98 Å². The highest BCUT2D eigenvalue weighted by atomic mass is 16.5. The molecule has 1 aliphatic heterocycles. The number of hydrogen-bond donors (Lipinski definition) is 0. The number of nitrogens with zero attached hydrogens (tertiary/aromatic N) is 3. The first-order valence-electron chi connectivity index (χ1n) is 11.7. The maximum atomic E-state index is 13.6. The summed E-state index contributed by atoms with van der Waals surface area (Å²) in [4.78, 5) is 24.4. The Kier molecular flexibility index (Phi) is 6.38. The van der Waals surface area contributed by atoms with Crippen molar-refractivity contribution in [2.45, 2.75) is 25.9 Å². The van der Waals surface area contributed by atoms with Crippen LogP contribution in [0.3, 0.4) is 0 Å². The van der Waals surface area contributed by atoms with E-state index in [1.807, 2.05) is 78.6 Å². The molecule has 0 unspecified atom stereocenters. The normalized spacial score (nSPS) is 14.2. The van der Waals surface area contributed by atoms with Gasteiger partial charge in [-0.15, -0.1) is 0 Å². The SMILES string of the molecule is CCOc1ccccc1OC1CCN(C(=O)c2cc(-c3ccncc3)nc3ccccc23)CC1. The summed E-state index contributed by atoms with van der Waals surface area (Å²) in [5.74, 6) is 1.55. The van der Waals surface area contributed by atoms with Gasteiger partial charge in [0.05, 0.1) is 23.4 Å². The molecule has 0 atom stereocenters. The number of para-hydroxylation sites is 3. The average Bonchev–Trinajstić information content (AvgIpc) is 2.90. The number of amides is 1. The Morgan fingerprint density at radius 2 is 1.68 bits per heavy atom. The Morgan fingerprint density at radius 3 is 2.44 bits per heavy atom. The quantitative estimate of drug-likeness (QED) is 0.392. The molecular weight excluding hydrogens is 426 g/mol. The van der Waals surface area contributed by atoms with Gasteiger partial charge in [0.1, 0.15) is 6.10 Å². The lowest BCUT2D eigenvalue weighted by Gasteiger charge is -2.32. The zero-order chi connectivity index (χ0) is 23.3. The summed E-state index contributed by atoms with van der Waals surface area (Å²) < 4.78 is 11.9. The maximum Gasteiger partial charge on any atom is 0.254 e. The van der Waals surface area contributed by atoms with Gasteiger partial charge < -0.3 is 14.4 Å². The van der Waals surface area contributed by atoms with Gasteiger partial charge in [-0.05, 0) is 43.3 Å². The molecule has 2 aromatic heterocycles. The van der Waals surface area contributed by atoms with E-state index in [0.717, 1.165) is 46.5 Å². The van der Waals surface area contributed by atoms with Crippen molar-refractivity contribution in [2.24, 2.45) is 0 Å². The molecule has 172 valence electrons. The number of ether oxygens (including phenoxy) is 2. The molecule has 0 bridgehead atoms. The number of aromatic nitrogens is 2. The molecule has 34 heavy (non-hydrogen) atoms. The molecule has 1 fully saturated rings. The number of fused-ring (bicyclic) bond motifs is 1. The van der Waals surface area contributed by atoms with Gasteiger partial charge in [-0.1, -0.05) is 30.3 Å². The van der Waals surface area contributed by atoms with Gasteiger partial charge in [-0.2, -0.15) is 0 Å². The lowest BCUT2D eigenvalue weighted by atomic mass is 10.0. The first-order chi connectivity index (χ1) is 16.7. The van der Waals surface area contributed by atoms with Crippen LogP contribution in [0, 0.1) is 0 Å². The standard InChI is InChI=1S/C28H27N3O3/c1-2-33-26-9-5-6-10-27(26)34-21-13-17-31(18-14-21)28(32)23-19-25(20-11-15-29-16-12-20)30-24-8-4-3-7-22(23)24/h3-12,15-16,19,21H,2,13-14,17-18H2,1H3. The third-order valence-corrected chi connectivity index (χ3v) is 6.09. The fourth-order valence-corrected chi connectivity index (χ4v) is 4.37. The molecule has 0 radical (unpaired) electrons. The van der Waals surface area contributed by atoms with Gasteiger partial charge in [-0.3, -0.25) is 9.78 Å². The second kappa shape index (κ2) is 9.91. The zero-order valence-electron chi connectivity index (χ0n) is 19.2. The summed E-state index contributed by atoms with van der Waals surface area (Å²) in [5.41, 5.74) is 3.20. The lowest BCUT2D eigenvalue weighted by molar-refractivity contribution is 0.0591. The van der Waals surface area contributed by atoms with Gasteiger partial charge >= 0.3 is 0 Å². The van der Waals surface area contributed by atoms with Crippen LogP contribution in [0.2, 0.25) is 0 Å². The molecule has 5 rings (SSSR count). The van der Waals surface area contributed by atoms with Crippen LogP contribution in [0.25, 0.3) is 22.2 Å². The molecule has 0 saturated carbocycles. The first-order valence-corrected chi connectivity index (χ1v) is 11.7. The molecular formula is C28H27N3O3. The van der Waals surface area contributed by atoms with Crippen LogP contribution >= 0.6 is 0 Å². The van der Waals surface area contributed by atoms with E-state index >= 15 is 0 Å². The van der Waals surface area contributed by atoms with Crippen molar-refractivity contribution >= 4 is 16.8 Å². The van der Waals surface area contributed by atoms with Crippen molar-refractivity contribution in [3.8, 4) is 22.8 Å². The maximum absolute atomic E-state index is 13.6. The zero-order valence-corrected chi connectivity index (χ0v) is 19.2. The third-order valence-electron chi connectivity index (χ3n) is 6.09. The van der Waals surface area contributed by atoms with Crippen LogP contribution in [-0.2, 0) is 0 Å². The van der Waals surface area contributed by atoms with Crippen molar-refractivity contribution in [1.82, 2.24) is 14.9 Å². The van der Waals surface area contributed by atoms with Crippen LogP contribution in [0.15, 0.2) is 79.1 Å². The van der Waals surface area contributed by atoms with Crippen molar-refractivity contribution in [3.05, 3.63) is 84.7 Å². The summed E-state index contributed by atoms with van der Waals surface area (Å²) in [6.07, 6.45) is 5.07. The van der Waals surface area contributed by atoms with Crippen molar-refractivity contribution in [3.63, 3.8) is 0 Å². The van der Waals surface area contributed by atoms with Gasteiger partial charge in [0.25, 0.3) is 5.91 Å². The Morgan fingerprint density at radius 1 is 0.971 bits per heavy atom. The topological polar surface area (TPSA) is 64.6 Å². The van der Waals surface area contributed by atoms with E-state index in [1.54, 1.807) is 12.4 Å². The van der Waals surface area contributed by atoms with Gasteiger partial charge in [-0.25, -0.2) is 4.98 Å². The molecule has 4 aromatic rings. The first kappa shape index (κ1) is 21.9. The van der Waals surface area contributed by atoms with Crippen molar-refractivity contribution in [2.75, 3.05) is 19.7 Å². The Bertz CT molecular complexity index is 1280. The summed E-state index contributed by atoms with van der Waals surface area (Å²) in [7, 11) is 0. The van der Waals surface area contributed by atoms with E-state index in [-0.39, 0.29) is 12.0 Å². The number of hydrogen-bond acceptors (Lipinski definition) is 5. The van der Waals surface area contributed by atoms with E-state index in [0.29, 0.717) is 25.3 Å². The van der Waals surface area contributed by atoms with Gasteiger partial charge in [0.15, 0.2) is 11.5 Å². The lowest BCUT2D eigenvalue weighted by Crippen LogP contribution is -2.41. The smallest absolute Gasteiger partial charge is 0.254 e. The van der Waals surface area contributed by atoms with Crippen LogP contribution in [-0.4, -0.2) is 46.6 Å². The minimum absolute atomic E-state index is 0.0297. The average molecular weight is 454 g/mol. The predicted molar refractivity (Wildman–Crippen MR) is 132 cm³/mol. The number of rotatable bonds is 6. The number of pyridine rings is 2. The fourth-order valence-electron chi connectivity index (χ4n) is 4.37. The highest BCUT2D eigenvalue weighted by Crippen LogP contribution is 2.30. The summed E-state index contributed by atoms with van der Waals surface area (Å²) in [6, 6.07) is 21.3. The molecule has 2 aromatic carbocycles. The minimum Gasteiger partial charge on any atom is -0.490 e. The van der Waals surface area contributed by atoms with Crippen molar-refractivity contribution < 1.29 is 14.3 Å². The molecule has 1 aliphatic rings. The van der Waals surface area contributed by atoms with Crippen molar-refractivity contribution in [1.29, 1.82) is 0 Å². The Labute approximate surface area is 199 Å². The number of carbonyl (C=O) groups is 1. The number of piperidine rings is 1. The summed E-state index contributed by atoms with van der Waals surface area (Å²) in [6.45, 7) is 3.83. The predicted octanol–water partition coefficient (Wildman–Crippen LogP) is 5.38. The van der Waals surface area contributed by atoms with Crippen LogP contribution in [0.5, 0.6) is 11.5 Å². The molecule has 0 aliphatic carbocycles. The minimum atomic E-state index is 0.0297. The molecule has 1 amide bonds. The monoisotopic (exact) mass is 453 g/mol. The highest BCUT2D eigenvalue weighted by molar-refractivity contribution is 6.07. The Hall–Kier alpha value is -3.93. The third kappa shape index (κ3) is 4.57. The molecule has 6 heteroatoms. The number of benzene rings is 2. The van der Waals surface area contributed by atoms with Crippen LogP contribution in [0.1, 0.15) is 30.1 Å². The largest absolute Gasteiger partial charge is 0.490 e. The number of likely N-dealkylation sites (tertiary alicyclic amines) is 1. The van der Waals surface area contributed by atoms with Gasteiger partial charge in [0.2, 0.25) is 0 Å². The van der Waals surface area contributed by atoms with Crippen LogP contribution in [0.4, 0.5) is 0 Å². The molecule has 3 heterocycles. The van der Waals surface area contributed by atoms with Gasteiger partial charge in [0, 0.05) is 49.3 Å². The fraction of sp³-hybridized carbons (Fsp3) is 0.250. The highest BCUT2D eigenvalue weighted by Gasteiger charge is 2.27. The Balaban J connectivity index is 1.34. The second-order valence-corrected chi connectivity index (χ2v) is 8.30. The van der Waals surface area contributed by atoms with E-state index < -0.39 is 0 Å². The summed E-state index contributed by atoms with van der Waals surface area (Å²) in [5, 5.41) is 0.870. The van der Waals surface area contributed by atoms with Crippen LogP contribution < -0.4 is 9.47 Å². The molecule has 1 saturated heterocycles. The number of carbonyl (C=O) groups excluding carboxylic acids is 1. The molecule has 0 N–H and O–H groups in total. The molecule has 0 spiro atoms.